The van der Waals surface area contributed by atoms with Crippen molar-refractivity contribution in [2.75, 3.05) is 11.9 Å². The van der Waals surface area contributed by atoms with Crippen molar-refractivity contribution >= 4 is 17.7 Å². The van der Waals surface area contributed by atoms with E-state index in [0.717, 1.165) is 12.0 Å². The largest absolute Gasteiger partial charge is 0.444 e. The monoisotopic (exact) mass is 496 g/mol. The van der Waals surface area contributed by atoms with Gasteiger partial charge in [0.1, 0.15) is 11.6 Å². The quantitative estimate of drug-likeness (QED) is 0.260. The first-order chi connectivity index (χ1) is 17.3. The fourth-order valence-electron chi connectivity index (χ4n) is 3.78. The Kier molecular flexibility index (Phi) is 13.1. The van der Waals surface area contributed by atoms with Gasteiger partial charge in [-0.2, -0.15) is 0 Å². The van der Waals surface area contributed by atoms with Crippen LogP contribution in [0.1, 0.15) is 83.8 Å². The highest BCUT2D eigenvalue weighted by atomic mass is 16.6. The standard InChI is InChI=1S/C30H44N2O4/c1-5-6-7-8-9-11-14-24-17-19-26(20-18-24)31-28(33)27(32-29(34)36-30(2,3)4)21-22-35-23-25-15-12-10-13-16-25/h10,12-13,15-20,27H,5-9,11,14,21-23H2,1-4H3,(H,31,33)(H,32,34). The summed E-state index contributed by atoms with van der Waals surface area (Å²) in [5, 5.41) is 5.62. The summed E-state index contributed by atoms with van der Waals surface area (Å²) in [6, 6.07) is 17.0. The van der Waals surface area contributed by atoms with Crippen molar-refractivity contribution in [3.05, 3.63) is 65.7 Å². The molecule has 6 nitrogen and oxygen atoms in total. The second-order valence-electron chi connectivity index (χ2n) is 10.2. The van der Waals surface area contributed by atoms with Gasteiger partial charge in [-0.1, -0.05) is 81.5 Å². The minimum Gasteiger partial charge on any atom is -0.444 e. The molecule has 0 fully saturated rings. The van der Waals surface area contributed by atoms with Gasteiger partial charge in [0.25, 0.3) is 0 Å². The Hall–Kier alpha value is -2.86. The topological polar surface area (TPSA) is 76.7 Å². The number of anilines is 1. The van der Waals surface area contributed by atoms with E-state index >= 15 is 0 Å². The molecule has 1 atom stereocenters. The lowest BCUT2D eigenvalue weighted by Gasteiger charge is -2.23. The maximum Gasteiger partial charge on any atom is 0.408 e. The van der Waals surface area contributed by atoms with Gasteiger partial charge in [0, 0.05) is 18.7 Å². The summed E-state index contributed by atoms with van der Waals surface area (Å²) < 4.78 is 11.1. The lowest BCUT2D eigenvalue weighted by atomic mass is 10.0. The molecule has 0 aliphatic heterocycles. The zero-order chi connectivity index (χ0) is 26.2. The Bertz CT molecular complexity index is 891. The predicted molar refractivity (Wildman–Crippen MR) is 146 cm³/mol. The summed E-state index contributed by atoms with van der Waals surface area (Å²) >= 11 is 0. The third-order valence-electron chi connectivity index (χ3n) is 5.71. The van der Waals surface area contributed by atoms with Crippen LogP contribution in [0, 0.1) is 0 Å². The number of rotatable bonds is 15. The minimum atomic E-state index is -0.779. The van der Waals surface area contributed by atoms with Gasteiger partial charge in [0.2, 0.25) is 5.91 Å². The van der Waals surface area contributed by atoms with Crippen molar-refractivity contribution in [1.29, 1.82) is 0 Å². The van der Waals surface area contributed by atoms with Gasteiger partial charge in [-0.15, -0.1) is 0 Å². The van der Waals surface area contributed by atoms with Crippen molar-refractivity contribution in [1.82, 2.24) is 5.32 Å². The number of carbonyl (C=O) groups excluding carboxylic acids is 2. The third-order valence-corrected chi connectivity index (χ3v) is 5.71. The van der Waals surface area contributed by atoms with Crippen LogP contribution in [0.2, 0.25) is 0 Å². The van der Waals surface area contributed by atoms with Gasteiger partial charge in [0.15, 0.2) is 0 Å². The van der Waals surface area contributed by atoms with Gasteiger partial charge >= 0.3 is 6.09 Å². The minimum absolute atomic E-state index is 0.298. The zero-order valence-electron chi connectivity index (χ0n) is 22.5. The van der Waals surface area contributed by atoms with Crippen LogP contribution in [0.25, 0.3) is 0 Å². The van der Waals surface area contributed by atoms with Crippen molar-refractivity contribution in [3.63, 3.8) is 0 Å². The lowest BCUT2D eigenvalue weighted by Crippen LogP contribution is -2.46. The van der Waals surface area contributed by atoms with Crippen LogP contribution in [0.4, 0.5) is 10.5 Å². The van der Waals surface area contributed by atoms with E-state index < -0.39 is 17.7 Å². The molecular weight excluding hydrogens is 452 g/mol. The molecule has 0 saturated carbocycles. The molecule has 0 spiro atoms. The summed E-state index contributed by atoms with van der Waals surface area (Å²) in [5.41, 5.74) is 2.37. The Labute approximate surface area is 217 Å². The van der Waals surface area contributed by atoms with Crippen LogP contribution in [-0.4, -0.2) is 30.3 Å². The number of amides is 2. The van der Waals surface area contributed by atoms with E-state index in [2.05, 4.69) is 29.7 Å². The number of carbonyl (C=O) groups is 2. The zero-order valence-corrected chi connectivity index (χ0v) is 22.5. The second-order valence-corrected chi connectivity index (χ2v) is 10.2. The molecule has 0 aliphatic rings. The fourth-order valence-corrected chi connectivity index (χ4v) is 3.78. The summed E-state index contributed by atoms with van der Waals surface area (Å²) in [4.78, 5) is 25.4. The molecule has 0 aromatic heterocycles. The number of unbranched alkanes of at least 4 members (excludes halogenated alkanes) is 5. The van der Waals surface area contributed by atoms with Crippen molar-refractivity contribution < 1.29 is 19.1 Å². The lowest BCUT2D eigenvalue weighted by molar-refractivity contribution is -0.118. The number of hydrogen-bond donors (Lipinski definition) is 2. The number of nitrogens with one attached hydrogen (secondary N) is 2. The van der Waals surface area contributed by atoms with Crippen LogP contribution in [0.15, 0.2) is 54.6 Å². The molecule has 2 amide bonds. The Balaban J connectivity index is 1.87. The van der Waals surface area contributed by atoms with E-state index in [1.54, 1.807) is 20.8 Å². The molecule has 2 N–H and O–H groups in total. The van der Waals surface area contributed by atoms with Crippen molar-refractivity contribution in [3.8, 4) is 0 Å². The molecule has 2 aromatic carbocycles. The molecule has 0 bridgehead atoms. The van der Waals surface area contributed by atoms with Crippen LogP contribution >= 0.6 is 0 Å². The van der Waals surface area contributed by atoms with E-state index in [1.165, 1.54) is 44.1 Å². The molecule has 198 valence electrons. The van der Waals surface area contributed by atoms with Gasteiger partial charge in [-0.25, -0.2) is 4.79 Å². The maximum atomic E-state index is 13.0. The highest BCUT2D eigenvalue weighted by Crippen LogP contribution is 2.15. The number of aryl methyl sites for hydroxylation is 1. The molecule has 1 unspecified atom stereocenters. The maximum absolute atomic E-state index is 13.0. The van der Waals surface area contributed by atoms with Gasteiger partial charge in [-0.3, -0.25) is 4.79 Å². The second kappa shape index (κ2) is 16.0. The summed E-state index contributed by atoms with van der Waals surface area (Å²) in [6.45, 7) is 8.36. The van der Waals surface area contributed by atoms with Crippen molar-refractivity contribution in [2.24, 2.45) is 0 Å². The first-order valence-corrected chi connectivity index (χ1v) is 13.3. The first kappa shape index (κ1) is 29.4. The number of hydrogen-bond acceptors (Lipinski definition) is 4. The Morgan fingerprint density at radius 1 is 0.861 bits per heavy atom. The molecule has 6 heteroatoms. The third kappa shape index (κ3) is 12.7. The van der Waals surface area contributed by atoms with Crippen LogP contribution in [-0.2, 0) is 27.3 Å². The van der Waals surface area contributed by atoms with Crippen LogP contribution in [0.5, 0.6) is 0 Å². The van der Waals surface area contributed by atoms with Crippen LogP contribution in [0.3, 0.4) is 0 Å². The van der Waals surface area contributed by atoms with E-state index in [0.29, 0.717) is 25.3 Å². The van der Waals surface area contributed by atoms with E-state index in [4.69, 9.17) is 9.47 Å². The predicted octanol–water partition coefficient (Wildman–Crippen LogP) is 7.03. The van der Waals surface area contributed by atoms with Gasteiger partial charge in [0.05, 0.1) is 6.61 Å². The number of ether oxygens (including phenoxy) is 2. The summed E-state index contributed by atoms with van der Waals surface area (Å²) in [5.74, 6) is -0.298. The first-order valence-electron chi connectivity index (χ1n) is 13.3. The van der Waals surface area contributed by atoms with E-state index in [1.807, 2.05) is 42.5 Å². The van der Waals surface area contributed by atoms with E-state index in [-0.39, 0.29) is 5.91 Å². The molecule has 0 radical (unpaired) electrons. The molecular formula is C30H44N2O4. The molecule has 2 rings (SSSR count). The van der Waals surface area contributed by atoms with Gasteiger partial charge in [-0.05, 0) is 56.9 Å². The summed E-state index contributed by atoms with van der Waals surface area (Å²) in [7, 11) is 0. The Morgan fingerprint density at radius 2 is 1.53 bits per heavy atom. The fraction of sp³-hybridized carbons (Fsp3) is 0.533. The van der Waals surface area contributed by atoms with E-state index in [9.17, 15) is 9.59 Å². The Morgan fingerprint density at radius 3 is 2.19 bits per heavy atom. The molecule has 0 saturated heterocycles. The highest BCUT2D eigenvalue weighted by Gasteiger charge is 2.24. The average Bonchev–Trinajstić information content (AvgIpc) is 2.83. The molecule has 2 aromatic rings. The normalized spacial score (nSPS) is 12.1. The van der Waals surface area contributed by atoms with Crippen LogP contribution < -0.4 is 10.6 Å². The highest BCUT2D eigenvalue weighted by molar-refractivity contribution is 5.96. The number of alkyl carbamates (subject to hydrolysis) is 1. The SMILES string of the molecule is CCCCCCCCc1ccc(NC(=O)C(CCOCc2ccccc2)NC(=O)OC(C)(C)C)cc1. The molecule has 36 heavy (non-hydrogen) atoms. The molecule has 0 aliphatic carbocycles. The summed E-state index contributed by atoms with van der Waals surface area (Å²) in [6.07, 6.45) is 8.37. The average molecular weight is 497 g/mol. The molecule has 0 heterocycles. The number of benzene rings is 2. The van der Waals surface area contributed by atoms with Gasteiger partial charge < -0.3 is 20.1 Å². The smallest absolute Gasteiger partial charge is 0.408 e. The van der Waals surface area contributed by atoms with Crippen molar-refractivity contribution in [2.45, 2.75) is 97.3 Å².